The molecule has 0 aliphatic heterocycles. The van der Waals surface area contributed by atoms with Crippen molar-refractivity contribution in [1.29, 1.82) is 0 Å². The Labute approximate surface area is 123 Å². The normalized spacial score (nSPS) is 10.4. The fraction of sp³-hybridized carbons (Fsp3) is 0.357. The Morgan fingerprint density at radius 1 is 1.24 bits per heavy atom. The molecule has 3 N–H and O–H groups in total. The van der Waals surface area contributed by atoms with Crippen LogP contribution < -0.4 is 15.8 Å². The zero-order valence-electron chi connectivity index (χ0n) is 12.2. The molecule has 0 amide bonds. The van der Waals surface area contributed by atoms with Crippen LogP contribution in [0, 0.1) is 0 Å². The van der Waals surface area contributed by atoms with Crippen LogP contribution in [0.25, 0.3) is 0 Å². The molecular weight excluding hydrogens is 270 g/mol. The molecule has 7 heteroatoms. The summed E-state index contributed by atoms with van der Waals surface area (Å²) in [6.07, 6.45) is 3.48. The molecule has 0 unspecified atom stereocenters. The van der Waals surface area contributed by atoms with Crippen LogP contribution >= 0.6 is 0 Å². The van der Waals surface area contributed by atoms with E-state index >= 15 is 0 Å². The van der Waals surface area contributed by atoms with Crippen molar-refractivity contribution in [3.05, 3.63) is 35.9 Å². The second-order valence-corrected chi connectivity index (χ2v) is 4.28. The topological polar surface area (TPSA) is 95.2 Å². The van der Waals surface area contributed by atoms with Crippen molar-refractivity contribution >= 4 is 11.5 Å². The molecule has 0 aliphatic carbocycles. The summed E-state index contributed by atoms with van der Waals surface area (Å²) in [5.74, 6) is 1.43. The number of methoxy groups -OCH3 is 1. The minimum atomic E-state index is 0.296. The van der Waals surface area contributed by atoms with Crippen molar-refractivity contribution in [3.8, 4) is 5.88 Å². The zero-order chi connectivity index (χ0) is 15.1. The van der Waals surface area contributed by atoms with E-state index in [1.807, 2.05) is 19.1 Å². The Kier molecular flexibility index (Phi) is 5.28. The van der Waals surface area contributed by atoms with Gasteiger partial charge in [-0.15, -0.1) is 0 Å². The van der Waals surface area contributed by atoms with E-state index in [0.717, 1.165) is 5.56 Å². The van der Waals surface area contributed by atoms with Crippen LogP contribution in [0.2, 0.25) is 0 Å². The Morgan fingerprint density at radius 3 is 2.67 bits per heavy atom. The van der Waals surface area contributed by atoms with E-state index in [1.54, 1.807) is 19.5 Å². The molecule has 0 atom stereocenters. The fourth-order valence-corrected chi connectivity index (χ4v) is 1.75. The van der Waals surface area contributed by atoms with Gasteiger partial charge in [0.2, 0.25) is 5.88 Å². The molecular formula is C14H19N5O2. The van der Waals surface area contributed by atoms with Crippen molar-refractivity contribution in [2.45, 2.75) is 20.1 Å². The number of aromatic nitrogens is 3. The van der Waals surface area contributed by atoms with E-state index in [9.17, 15) is 0 Å². The highest BCUT2D eigenvalue weighted by Gasteiger charge is 2.12. The molecule has 0 saturated heterocycles. The monoisotopic (exact) mass is 289 g/mol. The average molecular weight is 289 g/mol. The zero-order valence-corrected chi connectivity index (χ0v) is 12.2. The Hall–Kier alpha value is -2.41. The van der Waals surface area contributed by atoms with Gasteiger partial charge < -0.3 is 20.5 Å². The molecule has 2 heterocycles. The van der Waals surface area contributed by atoms with Gasteiger partial charge in [-0.05, 0) is 24.6 Å². The Morgan fingerprint density at radius 2 is 2.00 bits per heavy atom. The molecule has 0 fully saturated rings. The van der Waals surface area contributed by atoms with E-state index in [1.165, 1.54) is 0 Å². The minimum Gasteiger partial charge on any atom is -0.476 e. The molecule has 2 aromatic rings. The predicted molar refractivity (Wildman–Crippen MR) is 79.9 cm³/mol. The molecule has 0 spiro atoms. The van der Waals surface area contributed by atoms with E-state index in [-0.39, 0.29) is 0 Å². The predicted octanol–water partition coefficient (Wildman–Crippen LogP) is 1.61. The van der Waals surface area contributed by atoms with Gasteiger partial charge in [0.1, 0.15) is 12.3 Å². The summed E-state index contributed by atoms with van der Waals surface area (Å²) in [6.45, 7) is 3.24. The fourth-order valence-electron chi connectivity index (χ4n) is 1.75. The van der Waals surface area contributed by atoms with Gasteiger partial charge in [0, 0.05) is 26.0 Å². The summed E-state index contributed by atoms with van der Waals surface area (Å²) in [7, 11) is 1.59. The Balaban J connectivity index is 2.20. The Bertz CT molecular complexity index is 577. The van der Waals surface area contributed by atoms with Crippen LogP contribution in [0.1, 0.15) is 18.3 Å². The molecule has 112 valence electrons. The van der Waals surface area contributed by atoms with Crippen LogP contribution in [0.5, 0.6) is 5.88 Å². The first kappa shape index (κ1) is 15.0. The smallest absolute Gasteiger partial charge is 0.242 e. The molecule has 2 aromatic heterocycles. The third-order valence-electron chi connectivity index (χ3n) is 2.72. The molecule has 0 bridgehead atoms. The first-order valence-electron chi connectivity index (χ1n) is 6.65. The number of hydrogen-bond donors (Lipinski definition) is 2. The number of rotatable bonds is 7. The lowest BCUT2D eigenvalue weighted by Gasteiger charge is -2.13. The van der Waals surface area contributed by atoms with E-state index in [0.29, 0.717) is 43.0 Å². The maximum Gasteiger partial charge on any atom is 0.242 e. The van der Waals surface area contributed by atoms with Gasteiger partial charge in [-0.25, -0.2) is 4.98 Å². The van der Waals surface area contributed by atoms with Crippen LogP contribution in [0.15, 0.2) is 24.5 Å². The van der Waals surface area contributed by atoms with Gasteiger partial charge in [0.15, 0.2) is 11.6 Å². The van der Waals surface area contributed by atoms with Crippen molar-refractivity contribution < 1.29 is 9.47 Å². The highest BCUT2D eigenvalue weighted by Crippen LogP contribution is 2.26. The third-order valence-corrected chi connectivity index (χ3v) is 2.72. The maximum atomic E-state index is 6.03. The summed E-state index contributed by atoms with van der Waals surface area (Å²) < 4.78 is 10.5. The standard InChI is InChI=1S/C14H19N5O2/c1-3-21-14-12(15)13(18-11(19-14)9-20-2)17-8-10-4-6-16-7-5-10/h4-7H,3,8-9,15H2,1-2H3,(H,17,18,19). The molecule has 7 nitrogen and oxygen atoms in total. The van der Waals surface area contributed by atoms with Crippen molar-refractivity contribution in [2.24, 2.45) is 0 Å². The van der Waals surface area contributed by atoms with Crippen molar-refractivity contribution in [1.82, 2.24) is 15.0 Å². The highest BCUT2D eigenvalue weighted by atomic mass is 16.5. The van der Waals surface area contributed by atoms with Crippen LogP contribution in [-0.2, 0) is 17.9 Å². The second-order valence-electron chi connectivity index (χ2n) is 4.28. The lowest BCUT2D eigenvalue weighted by atomic mass is 10.2. The molecule has 0 radical (unpaired) electrons. The lowest BCUT2D eigenvalue weighted by Crippen LogP contribution is -2.11. The second kappa shape index (κ2) is 7.39. The molecule has 0 aliphatic rings. The van der Waals surface area contributed by atoms with Crippen molar-refractivity contribution in [2.75, 3.05) is 24.8 Å². The highest BCUT2D eigenvalue weighted by molar-refractivity contribution is 5.67. The van der Waals surface area contributed by atoms with Gasteiger partial charge >= 0.3 is 0 Å². The first-order chi connectivity index (χ1) is 10.2. The number of pyridine rings is 1. The van der Waals surface area contributed by atoms with E-state index in [4.69, 9.17) is 15.2 Å². The molecule has 0 saturated carbocycles. The van der Waals surface area contributed by atoms with E-state index in [2.05, 4.69) is 20.3 Å². The number of nitrogen functional groups attached to an aromatic ring is 1. The molecule has 0 aromatic carbocycles. The first-order valence-corrected chi connectivity index (χ1v) is 6.65. The van der Waals surface area contributed by atoms with E-state index < -0.39 is 0 Å². The SMILES string of the molecule is CCOc1nc(COC)nc(NCc2ccncc2)c1N. The number of nitrogens with one attached hydrogen (secondary N) is 1. The van der Waals surface area contributed by atoms with Crippen LogP contribution in [-0.4, -0.2) is 28.7 Å². The summed E-state index contributed by atoms with van der Waals surface area (Å²) in [4.78, 5) is 12.6. The summed E-state index contributed by atoms with van der Waals surface area (Å²) >= 11 is 0. The molecule has 21 heavy (non-hydrogen) atoms. The van der Waals surface area contributed by atoms with Gasteiger partial charge in [0.25, 0.3) is 0 Å². The van der Waals surface area contributed by atoms with Crippen molar-refractivity contribution in [3.63, 3.8) is 0 Å². The maximum absolute atomic E-state index is 6.03. The van der Waals surface area contributed by atoms with Gasteiger partial charge in [-0.3, -0.25) is 4.98 Å². The number of hydrogen-bond acceptors (Lipinski definition) is 7. The average Bonchev–Trinajstić information content (AvgIpc) is 2.50. The number of ether oxygens (including phenoxy) is 2. The number of nitrogens with zero attached hydrogens (tertiary/aromatic N) is 3. The third kappa shape index (κ3) is 4.03. The lowest BCUT2D eigenvalue weighted by molar-refractivity contribution is 0.176. The summed E-state index contributed by atoms with van der Waals surface area (Å²) in [6, 6.07) is 3.84. The van der Waals surface area contributed by atoms with Crippen LogP contribution in [0.4, 0.5) is 11.5 Å². The van der Waals surface area contributed by atoms with Gasteiger partial charge in [-0.1, -0.05) is 0 Å². The largest absolute Gasteiger partial charge is 0.476 e. The molecule has 2 rings (SSSR count). The van der Waals surface area contributed by atoms with Gasteiger partial charge in [0.05, 0.1) is 6.61 Å². The quantitative estimate of drug-likeness (QED) is 0.799. The minimum absolute atomic E-state index is 0.296. The summed E-state index contributed by atoms with van der Waals surface area (Å²) in [5, 5.41) is 3.19. The summed E-state index contributed by atoms with van der Waals surface area (Å²) in [5.41, 5.74) is 7.51. The number of anilines is 2. The van der Waals surface area contributed by atoms with Crippen LogP contribution in [0.3, 0.4) is 0 Å². The number of nitrogens with two attached hydrogens (primary N) is 1. The van der Waals surface area contributed by atoms with Gasteiger partial charge in [-0.2, -0.15) is 4.98 Å².